The Balaban J connectivity index is 1.93. The number of ether oxygens (including phenoxy) is 1. The molecule has 0 saturated carbocycles. The fourth-order valence-electron chi connectivity index (χ4n) is 1.57. The minimum absolute atomic E-state index is 0.478. The van der Waals surface area contributed by atoms with E-state index < -0.39 is 0 Å². The van der Waals surface area contributed by atoms with Crippen LogP contribution in [0.1, 0.15) is 12.8 Å². The van der Waals surface area contributed by atoms with E-state index in [1.165, 1.54) is 0 Å². The van der Waals surface area contributed by atoms with Gasteiger partial charge in [0.05, 0.1) is 0 Å². The van der Waals surface area contributed by atoms with Crippen molar-refractivity contribution in [2.24, 2.45) is 5.92 Å². The minimum Gasteiger partial charge on any atom is -0.381 e. The van der Waals surface area contributed by atoms with Crippen molar-refractivity contribution < 1.29 is 4.74 Å². The molecular formula is C8H12ClN3O. The molecule has 1 saturated heterocycles. The molecule has 0 atom stereocenters. The van der Waals surface area contributed by atoms with E-state index in [4.69, 9.17) is 16.3 Å². The minimum atomic E-state index is 0.478. The average Bonchev–Trinajstić information content (AvgIpc) is 2.54. The van der Waals surface area contributed by atoms with E-state index in [1.807, 2.05) is 4.57 Å². The van der Waals surface area contributed by atoms with Gasteiger partial charge in [0.2, 0.25) is 5.28 Å². The lowest BCUT2D eigenvalue weighted by atomic mass is 10.0. The van der Waals surface area contributed by atoms with Crippen LogP contribution in [0.3, 0.4) is 0 Å². The van der Waals surface area contributed by atoms with Crippen LogP contribution in [0.5, 0.6) is 0 Å². The van der Waals surface area contributed by atoms with Gasteiger partial charge in [0, 0.05) is 19.8 Å². The Hall–Kier alpha value is -0.610. The van der Waals surface area contributed by atoms with Crippen molar-refractivity contribution in [2.75, 3.05) is 13.2 Å². The van der Waals surface area contributed by atoms with Gasteiger partial charge in [0.25, 0.3) is 0 Å². The maximum Gasteiger partial charge on any atom is 0.224 e. The van der Waals surface area contributed by atoms with Crippen molar-refractivity contribution in [3.05, 3.63) is 11.6 Å². The molecule has 2 heterocycles. The van der Waals surface area contributed by atoms with E-state index in [1.54, 1.807) is 6.33 Å². The third kappa shape index (κ3) is 2.19. The summed E-state index contributed by atoms with van der Waals surface area (Å²) in [6.07, 6.45) is 3.89. The molecule has 0 aromatic carbocycles. The molecule has 1 aromatic rings. The summed E-state index contributed by atoms with van der Waals surface area (Å²) in [6.45, 7) is 2.64. The average molecular weight is 202 g/mol. The van der Waals surface area contributed by atoms with Crippen LogP contribution in [0, 0.1) is 5.92 Å². The topological polar surface area (TPSA) is 39.9 Å². The molecule has 72 valence electrons. The smallest absolute Gasteiger partial charge is 0.224 e. The summed E-state index contributed by atoms with van der Waals surface area (Å²) in [5.41, 5.74) is 0. The summed E-state index contributed by atoms with van der Waals surface area (Å²) in [6, 6.07) is 0. The first-order valence-electron chi connectivity index (χ1n) is 4.47. The van der Waals surface area contributed by atoms with E-state index in [2.05, 4.69) is 10.2 Å². The predicted octanol–water partition coefficient (Wildman–Crippen LogP) is 1.36. The van der Waals surface area contributed by atoms with E-state index in [9.17, 15) is 0 Å². The largest absolute Gasteiger partial charge is 0.381 e. The lowest BCUT2D eigenvalue weighted by Gasteiger charge is -2.21. The van der Waals surface area contributed by atoms with Crippen LogP contribution in [-0.2, 0) is 11.3 Å². The Morgan fingerprint density at radius 3 is 2.92 bits per heavy atom. The number of aromatic nitrogens is 3. The Morgan fingerprint density at radius 2 is 2.31 bits per heavy atom. The number of halogens is 1. The van der Waals surface area contributed by atoms with Gasteiger partial charge in [0.1, 0.15) is 6.33 Å². The van der Waals surface area contributed by atoms with Gasteiger partial charge in [-0.15, -0.1) is 10.2 Å². The van der Waals surface area contributed by atoms with Gasteiger partial charge in [-0.25, -0.2) is 0 Å². The zero-order valence-electron chi connectivity index (χ0n) is 7.32. The summed E-state index contributed by atoms with van der Waals surface area (Å²) in [4.78, 5) is 0. The second-order valence-electron chi connectivity index (χ2n) is 3.31. The van der Waals surface area contributed by atoms with Crippen molar-refractivity contribution in [1.29, 1.82) is 0 Å². The SMILES string of the molecule is Clc1nncn1CC1CCOCC1. The second kappa shape index (κ2) is 4.07. The molecule has 4 nitrogen and oxygen atoms in total. The highest BCUT2D eigenvalue weighted by Crippen LogP contribution is 2.18. The molecule has 0 spiro atoms. The second-order valence-corrected chi connectivity index (χ2v) is 3.65. The summed E-state index contributed by atoms with van der Waals surface area (Å²) in [5, 5.41) is 7.94. The molecule has 1 fully saturated rings. The molecular weight excluding hydrogens is 190 g/mol. The Morgan fingerprint density at radius 1 is 1.54 bits per heavy atom. The molecule has 1 aliphatic rings. The van der Waals surface area contributed by atoms with E-state index in [0.717, 1.165) is 32.6 Å². The number of nitrogens with zero attached hydrogens (tertiary/aromatic N) is 3. The molecule has 1 aliphatic heterocycles. The zero-order valence-corrected chi connectivity index (χ0v) is 8.07. The molecule has 0 unspecified atom stereocenters. The molecule has 5 heteroatoms. The molecule has 0 N–H and O–H groups in total. The fourth-order valence-corrected chi connectivity index (χ4v) is 1.73. The molecule has 0 bridgehead atoms. The molecule has 1 aromatic heterocycles. The first-order chi connectivity index (χ1) is 6.36. The zero-order chi connectivity index (χ0) is 9.10. The highest BCUT2D eigenvalue weighted by atomic mass is 35.5. The Bertz CT molecular complexity index is 270. The van der Waals surface area contributed by atoms with Crippen molar-refractivity contribution in [3.63, 3.8) is 0 Å². The first-order valence-corrected chi connectivity index (χ1v) is 4.85. The van der Waals surface area contributed by atoms with Gasteiger partial charge < -0.3 is 9.30 Å². The monoisotopic (exact) mass is 201 g/mol. The highest BCUT2D eigenvalue weighted by Gasteiger charge is 2.15. The van der Waals surface area contributed by atoms with Gasteiger partial charge in [-0.05, 0) is 30.4 Å². The van der Waals surface area contributed by atoms with Crippen LogP contribution in [0.15, 0.2) is 6.33 Å². The van der Waals surface area contributed by atoms with Crippen LogP contribution < -0.4 is 0 Å². The van der Waals surface area contributed by atoms with E-state index in [0.29, 0.717) is 11.2 Å². The van der Waals surface area contributed by atoms with Crippen LogP contribution >= 0.6 is 11.6 Å². The fraction of sp³-hybridized carbons (Fsp3) is 0.750. The van der Waals surface area contributed by atoms with Crippen molar-refractivity contribution in [3.8, 4) is 0 Å². The summed E-state index contributed by atoms with van der Waals surface area (Å²) < 4.78 is 7.16. The van der Waals surface area contributed by atoms with Crippen LogP contribution in [-0.4, -0.2) is 28.0 Å². The number of hydrogen-bond donors (Lipinski definition) is 0. The van der Waals surface area contributed by atoms with Gasteiger partial charge in [-0.3, -0.25) is 0 Å². The lowest BCUT2D eigenvalue weighted by molar-refractivity contribution is 0.0612. The molecule has 0 radical (unpaired) electrons. The first kappa shape index (κ1) is 8.97. The normalized spacial score (nSPS) is 19.2. The van der Waals surface area contributed by atoms with Gasteiger partial charge in [0.15, 0.2) is 0 Å². The summed E-state index contributed by atoms with van der Waals surface area (Å²) in [7, 11) is 0. The third-order valence-electron chi connectivity index (χ3n) is 2.36. The van der Waals surface area contributed by atoms with Crippen LogP contribution in [0.4, 0.5) is 0 Å². The number of hydrogen-bond acceptors (Lipinski definition) is 3. The quantitative estimate of drug-likeness (QED) is 0.726. The standard InChI is InChI=1S/C8H12ClN3O/c9-8-11-10-6-12(8)5-7-1-3-13-4-2-7/h6-7H,1-5H2. The van der Waals surface area contributed by atoms with E-state index >= 15 is 0 Å². The Kier molecular flexibility index (Phi) is 2.80. The van der Waals surface area contributed by atoms with Gasteiger partial charge >= 0.3 is 0 Å². The van der Waals surface area contributed by atoms with Crippen molar-refractivity contribution in [2.45, 2.75) is 19.4 Å². The molecule has 2 rings (SSSR count). The van der Waals surface area contributed by atoms with Crippen LogP contribution in [0.2, 0.25) is 5.28 Å². The van der Waals surface area contributed by atoms with Crippen molar-refractivity contribution >= 4 is 11.6 Å². The van der Waals surface area contributed by atoms with E-state index in [-0.39, 0.29) is 0 Å². The third-order valence-corrected chi connectivity index (χ3v) is 2.66. The van der Waals surface area contributed by atoms with Crippen LogP contribution in [0.25, 0.3) is 0 Å². The summed E-state index contributed by atoms with van der Waals surface area (Å²) in [5.74, 6) is 0.655. The predicted molar refractivity (Wildman–Crippen MR) is 48.6 cm³/mol. The molecule has 13 heavy (non-hydrogen) atoms. The molecule has 0 aliphatic carbocycles. The Labute approximate surface area is 81.9 Å². The maximum absolute atomic E-state index is 5.82. The maximum atomic E-state index is 5.82. The lowest BCUT2D eigenvalue weighted by Crippen LogP contribution is -2.20. The number of rotatable bonds is 2. The van der Waals surface area contributed by atoms with Gasteiger partial charge in [-0.2, -0.15) is 0 Å². The molecule has 0 amide bonds. The summed E-state index contributed by atoms with van der Waals surface area (Å²) >= 11 is 5.82. The van der Waals surface area contributed by atoms with Crippen molar-refractivity contribution in [1.82, 2.24) is 14.8 Å². The highest BCUT2D eigenvalue weighted by molar-refractivity contribution is 6.28. The van der Waals surface area contributed by atoms with Gasteiger partial charge in [-0.1, -0.05) is 0 Å².